The maximum atomic E-state index is 11.7. The van der Waals surface area contributed by atoms with Crippen LogP contribution in [0.2, 0.25) is 0 Å². The van der Waals surface area contributed by atoms with Gasteiger partial charge in [0.05, 0.1) is 12.7 Å². The van der Waals surface area contributed by atoms with Crippen molar-refractivity contribution in [3.05, 3.63) is 48.0 Å². The molecule has 0 spiro atoms. The molecule has 2 aromatic carbocycles. The average Bonchev–Trinajstić information content (AvgIpc) is 2.76. The van der Waals surface area contributed by atoms with E-state index in [0.717, 1.165) is 16.4 Å². The van der Waals surface area contributed by atoms with E-state index in [4.69, 9.17) is 9.15 Å². The molecule has 3 nitrogen and oxygen atoms in total. The minimum atomic E-state index is -0.345. The summed E-state index contributed by atoms with van der Waals surface area (Å²) in [6.45, 7) is 0. The third kappa shape index (κ3) is 1.40. The van der Waals surface area contributed by atoms with Gasteiger partial charge in [0, 0.05) is 10.8 Å². The van der Waals surface area contributed by atoms with Gasteiger partial charge < -0.3 is 9.15 Å². The third-order valence-electron chi connectivity index (χ3n) is 2.81. The van der Waals surface area contributed by atoms with E-state index in [1.807, 2.05) is 30.3 Å². The smallest absolute Gasteiger partial charge is 0.338 e. The molecule has 0 unspecified atom stereocenters. The molecule has 0 aliphatic rings. The summed E-state index contributed by atoms with van der Waals surface area (Å²) >= 11 is 0. The molecule has 0 bridgehead atoms. The summed E-state index contributed by atoms with van der Waals surface area (Å²) in [5.74, 6) is -0.345. The zero-order chi connectivity index (χ0) is 11.8. The maximum Gasteiger partial charge on any atom is 0.338 e. The number of para-hydroxylation sites is 1. The Labute approximate surface area is 97.6 Å². The summed E-state index contributed by atoms with van der Waals surface area (Å²) < 4.78 is 10.5. The van der Waals surface area contributed by atoms with Gasteiger partial charge in [0.2, 0.25) is 0 Å². The highest BCUT2D eigenvalue weighted by molar-refractivity contribution is 6.14. The number of fused-ring (bicyclic) bond motifs is 3. The second-order valence-corrected chi connectivity index (χ2v) is 3.77. The Balaban J connectivity index is 2.47. The lowest BCUT2D eigenvalue weighted by Crippen LogP contribution is -2.01. The molecular weight excluding hydrogens is 216 g/mol. The molecule has 0 radical (unpaired) electrons. The molecule has 0 aliphatic carbocycles. The van der Waals surface area contributed by atoms with Crippen molar-refractivity contribution in [1.82, 2.24) is 0 Å². The molecule has 3 heteroatoms. The Morgan fingerprint density at radius 3 is 2.65 bits per heavy atom. The molecule has 17 heavy (non-hydrogen) atoms. The zero-order valence-corrected chi connectivity index (χ0v) is 9.27. The number of rotatable bonds is 1. The van der Waals surface area contributed by atoms with E-state index >= 15 is 0 Å². The second kappa shape index (κ2) is 3.63. The van der Waals surface area contributed by atoms with E-state index in [-0.39, 0.29) is 5.97 Å². The van der Waals surface area contributed by atoms with Crippen molar-refractivity contribution in [2.75, 3.05) is 7.11 Å². The van der Waals surface area contributed by atoms with Crippen LogP contribution in [0, 0.1) is 0 Å². The highest BCUT2D eigenvalue weighted by Crippen LogP contribution is 2.31. The maximum absolute atomic E-state index is 11.7. The fourth-order valence-electron chi connectivity index (χ4n) is 2.05. The van der Waals surface area contributed by atoms with E-state index in [1.54, 1.807) is 12.1 Å². The predicted octanol–water partition coefficient (Wildman–Crippen LogP) is 3.37. The SMILES string of the molecule is COC(=O)c1cccc2oc3ccccc3c12. The van der Waals surface area contributed by atoms with E-state index in [2.05, 4.69) is 0 Å². The van der Waals surface area contributed by atoms with Gasteiger partial charge in [0.1, 0.15) is 11.2 Å². The van der Waals surface area contributed by atoms with Gasteiger partial charge in [-0.3, -0.25) is 0 Å². The van der Waals surface area contributed by atoms with Gasteiger partial charge in [-0.1, -0.05) is 24.3 Å². The Morgan fingerprint density at radius 2 is 1.82 bits per heavy atom. The van der Waals surface area contributed by atoms with Crippen LogP contribution in [0.1, 0.15) is 10.4 Å². The minimum absolute atomic E-state index is 0.345. The molecule has 84 valence electrons. The van der Waals surface area contributed by atoms with Crippen molar-refractivity contribution in [3.63, 3.8) is 0 Å². The summed E-state index contributed by atoms with van der Waals surface area (Å²) in [4.78, 5) is 11.7. The van der Waals surface area contributed by atoms with Gasteiger partial charge in [-0.05, 0) is 18.2 Å². The average molecular weight is 226 g/mol. The van der Waals surface area contributed by atoms with Crippen LogP contribution in [0.25, 0.3) is 21.9 Å². The third-order valence-corrected chi connectivity index (χ3v) is 2.81. The summed E-state index contributed by atoms with van der Waals surface area (Å²) in [6.07, 6.45) is 0. The van der Waals surface area contributed by atoms with Crippen LogP contribution < -0.4 is 0 Å². The van der Waals surface area contributed by atoms with E-state index in [9.17, 15) is 4.79 Å². The van der Waals surface area contributed by atoms with Crippen LogP contribution in [0.4, 0.5) is 0 Å². The molecule has 3 aromatic rings. The molecule has 1 heterocycles. The molecule has 3 rings (SSSR count). The molecule has 0 saturated carbocycles. The fourth-order valence-corrected chi connectivity index (χ4v) is 2.05. The monoisotopic (exact) mass is 226 g/mol. The molecule has 0 aliphatic heterocycles. The van der Waals surface area contributed by atoms with Gasteiger partial charge in [-0.25, -0.2) is 4.79 Å². The fraction of sp³-hybridized carbons (Fsp3) is 0.0714. The van der Waals surface area contributed by atoms with E-state index in [1.165, 1.54) is 7.11 Å². The van der Waals surface area contributed by atoms with Crippen molar-refractivity contribution >= 4 is 27.9 Å². The quantitative estimate of drug-likeness (QED) is 0.597. The van der Waals surface area contributed by atoms with Gasteiger partial charge >= 0.3 is 5.97 Å². The summed E-state index contributed by atoms with van der Waals surface area (Å²) in [7, 11) is 1.38. The van der Waals surface area contributed by atoms with Gasteiger partial charge in [-0.2, -0.15) is 0 Å². The van der Waals surface area contributed by atoms with Crippen LogP contribution in [0.15, 0.2) is 46.9 Å². The lowest BCUT2D eigenvalue weighted by atomic mass is 10.1. The van der Waals surface area contributed by atoms with Crippen LogP contribution in [0.5, 0.6) is 0 Å². The molecule has 0 fully saturated rings. The topological polar surface area (TPSA) is 39.4 Å². The van der Waals surface area contributed by atoms with E-state index in [0.29, 0.717) is 11.1 Å². The van der Waals surface area contributed by atoms with Crippen LogP contribution in [-0.2, 0) is 4.74 Å². The first-order valence-electron chi connectivity index (χ1n) is 5.30. The van der Waals surface area contributed by atoms with E-state index < -0.39 is 0 Å². The lowest BCUT2D eigenvalue weighted by molar-refractivity contribution is 0.0603. The summed E-state index contributed by atoms with van der Waals surface area (Å²) in [5.41, 5.74) is 2.02. The minimum Gasteiger partial charge on any atom is -0.465 e. The number of benzene rings is 2. The molecule has 0 saturated heterocycles. The first kappa shape index (κ1) is 9.90. The van der Waals surface area contributed by atoms with Gasteiger partial charge in [-0.15, -0.1) is 0 Å². The number of furan rings is 1. The number of carbonyl (C=O) groups excluding carboxylic acids is 1. The molecule has 0 N–H and O–H groups in total. The first-order chi connectivity index (χ1) is 8.31. The Hall–Kier alpha value is -2.29. The largest absolute Gasteiger partial charge is 0.465 e. The number of methoxy groups -OCH3 is 1. The molecular formula is C14H10O3. The van der Waals surface area contributed by atoms with Gasteiger partial charge in [0.25, 0.3) is 0 Å². The molecule has 0 amide bonds. The van der Waals surface area contributed by atoms with Crippen molar-refractivity contribution in [1.29, 1.82) is 0 Å². The highest BCUT2D eigenvalue weighted by Gasteiger charge is 2.15. The van der Waals surface area contributed by atoms with Crippen molar-refractivity contribution < 1.29 is 13.9 Å². The van der Waals surface area contributed by atoms with Crippen molar-refractivity contribution in [2.45, 2.75) is 0 Å². The van der Waals surface area contributed by atoms with Crippen LogP contribution in [-0.4, -0.2) is 13.1 Å². The standard InChI is InChI=1S/C14H10O3/c1-16-14(15)10-6-4-8-12-13(10)9-5-2-3-7-11(9)17-12/h2-8H,1H3. The Kier molecular flexibility index (Phi) is 2.11. The second-order valence-electron chi connectivity index (χ2n) is 3.77. The first-order valence-corrected chi connectivity index (χ1v) is 5.30. The predicted molar refractivity (Wildman–Crippen MR) is 65.1 cm³/mol. The summed E-state index contributed by atoms with van der Waals surface area (Å²) in [5, 5.41) is 1.75. The van der Waals surface area contributed by atoms with Crippen LogP contribution in [0.3, 0.4) is 0 Å². The molecule has 0 atom stereocenters. The summed E-state index contributed by atoms with van der Waals surface area (Å²) in [6, 6.07) is 13.0. The number of ether oxygens (including phenoxy) is 1. The normalized spacial score (nSPS) is 10.9. The molecule has 1 aromatic heterocycles. The Morgan fingerprint density at radius 1 is 1.06 bits per heavy atom. The lowest BCUT2D eigenvalue weighted by Gasteiger charge is -2.00. The number of hydrogen-bond acceptors (Lipinski definition) is 3. The number of esters is 1. The number of hydrogen-bond donors (Lipinski definition) is 0. The number of carbonyl (C=O) groups is 1. The van der Waals surface area contributed by atoms with Crippen molar-refractivity contribution in [3.8, 4) is 0 Å². The zero-order valence-electron chi connectivity index (χ0n) is 9.27. The van der Waals surface area contributed by atoms with Gasteiger partial charge in [0.15, 0.2) is 0 Å². The van der Waals surface area contributed by atoms with Crippen molar-refractivity contribution in [2.24, 2.45) is 0 Å². The van der Waals surface area contributed by atoms with Crippen LogP contribution >= 0.6 is 0 Å². The Bertz CT molecular complexity index is 710. The highest BCUT2D eigenvalue weighted by atomic mass is 16.5.